The SMILES string of the molecule is Cc1ccc(C2CC(=O)N3CCn4c3c2c(=O)c2ccc(Cl)cc24)cc1. The minimum absolute atomic E-state index is 0.00731. The van der Waals surface area contributed by atoms with Crippen LogP contribution in [0.15, 0.2) is 47.3 Å². The average Bonchev–Trinajstić information content (AvgIpc) is 3.07. The summed E-state index contributed by atoms with van der Waals surface area (Å²) < 4.78 is 2.08. The highest BCUT2D eigenvalue weighted by molar-refractivity contribution is 6.31. The van der Waals surface area contributed by atoms with Crippen LogP contribution in [0.4, 0.5) is 5.82 Å². The van der Waals surface area contributed by atoms with Crippen LogP contribution in [0.2, 0.25) is 5.02 Å². The summed E-state index contributed by atoms with van der Waals surface area (Å²) in [5.41, 5.74) is 3.73. The van der Waals surface area contributed by atoms with E-state index in [1.165, 1.54) is 0 Å². The molecule has 0 fully saturated rings. The highest BCUT2D eigenvalue weighted by atomic mass is 35.5. The van der Waals surface area contributed by atoms with Crippen LogP contribution in [0.25, 0.3) is 10.9 Å². The Morgan fingerprint density at radius 1 is 1.04 bits per heavy atom. The molecule has 0 saturated heterocycles. The molecule has 0 N–H and O–H groups in total. The van der Waals surface area contributed by atoms with Gasteiger partial charge in [-0.1, -0.05) is 41.4 Å². The van der Waals surface area contributed by atoms with Crippen LogP contribution in [-0.4, -0.2) is 17.0 Å². The van der Waals surface area contributed by atoms with Gasteiger partial charge in [-0.25, -0.2) is 0 Å². The van der Waals surface area contributed by atoms with Crippen LogP contribution < -0.4 is 10.3 Å². The third kappa shape index (κ3) is 2.08. The van der Waals surface area contributed by atoms with E-state index in [4.69, 9.17) is 11.6 Å². The lowest BCUT2D eigenvalue weighted by atomic mass is 9.84. The number of aromatic nitrogens is 1. The molecule has 5 rings (SSSR count). The van der Waals surface area contributed by atoms with Gasteiger partial charge in [-0.2, -0.15) is 0 Å². The third-order valence-corrected chi connectivity index (χ3v) is 5.78. The molecule has 130 valence electrons. The van der Waals surface area contributed by atoms with Gasteiger partial charge >= 0.3 is 0 Å². The molecule has 1 atom stereocenters. The minimum atomic E-state index is -0.203. The van der Waals surface area contributed by atoms with E-state index in [9.17, 15) is 9.59 Å². The van der Waals surface area contributed by atoms with Crippen LogP contribution in [0, 0.1) is 6.92 Å². The molecule has 3 aromatic rings. The van der Waals surface area contributed by atoms with Crippen LogP contribution in [-0.2, 0) is 11.3 Å². The van der Waals surface area contributed by atoms with Gasteiger partial charge in [-0.05, 0) is 30.7 Å². The first-order valence-corrected chi connectivity index (χ1v) is 9.15. The maximum absolute atomic E-state index is 13.4. The maximum atomic E-state index is 13.4. The molecule has 5 heteroatoms. The number of nitrogens with zero attached hydrogens (tertiary/aromatic N) is 2. The Morgan fingerprint density at radius 2 is 1.81 bits per heavy atom. The van der Waals surface area contributed by atoms with E-state index in [0.29, 0.717) is 29.9 Å². The number of benzene rings is 2. The number of rotatable bonds is 1. The topological polar surface area (TPSA) is 42.3 Å². The fourth-order valence-electron chi connectivity index (χ4n) is 4.28. The van der Waals surface area contributed by atoms with E-state index in [2.05, 4.69) is 4.57 Å². The van der Waals surface area contributed by atoms with Gasteiger partial charge in [-0.3, -0.25) is 14.5 Å². The highest BCUT2D eigenvalue weighted by Gasteiger charge is 2.39. The molecule has 0 bridgehead atoms. The van der Waals surface area contributed by atoms with Crippen molar-refractivity contribution in [1.29, 1.82) is 0 Å². The van der Waals surface area contributed by atoms with Gasteiger partial charge in [0.2, 0.25) is 5.91 Å². The van der Waals surface area contributed by atoms with E-state index in [1.807, 2.05) is 37.3 Å². The Labute approximate surface area is 155 Å². The Hall–Kier alpha value is -2.59. The standard InChI is InChI=1S/C21H17ClN2O2/c1-12-2-4-13(5-3-12)16-11-18(25)24-9-8-23-17-10-14(22)6-7-15(17)20(26)19(16)21(23)24/h2-7,10,16H,8-9,11H2,1H3. The second kappa shape index (κ2) is 5.45. The van der Waals surface area contributed by atoms with E-state index in [-0.39, 0.29) is 17.3 Å². The summed E-state index contributed by atoms with van der Waals surface area (Å²) in [4.78, 5) is 27.9. The monoisotopic (exact) mass is 364 g/mol. The smallest absolute Gasteiger partial charge is 0.229 e. The molecule has 1 amide bonds. The molecule has 0 saturated carbocycles. The lowest BCUT2D eigenvalue weighted by Gasteiger charge is -2.31. The van der Waals surface area contributed by atoms with Crippen molar-refractivity contribution in [2.75, 3.05) is 11.4 Å². The molecule has 1 unspecified atom stereocenters. The van der Waals surface area contributed by atoms with Crippen molar-refractivity contribution < 1.29 is 4.79 Å². The summed E-state index contributed by atoms with van der Waals surface area (Å²) in [5.74, 6) is 0.632. The number of anilines is 1. The zero-order valence-corrected chi connectivity index (χ0v) is 15.1. The summed E-state index contributed by atoms with van der Waals surface area (Å²) in [5, 5.41) is 1.26. The first kappa shape index (κ1) is 15.6. The van der Waals surface area contributed by atoms with Gasteiger partial charge < -0.3 is 4.57 Å². The largest absolute Gasteiger partial charge is 0.325 e. The molecule has 3 heterocycles. The van der Waals surface area contributed by atoms with Crippen LogP contribution in [0.5, 0.6) is 0 Å². The number of pyridine rings is 1. The van der Waals surface area contributed by atoms with E-state index in [0.717, 1.165) is 28.0 Å². The molecule has 0 spiro atoms. The predicted molar refractivity (Wildman–Crippen MR) is 103 cm³/mol. The second-order valence-corrected chi connectivity index (χ2v) is 7.53. The molecule has 0 radical (unpaired) electrons. The fourth-order valence-corrected chi connectivity index (χ4v) is 4.44. The number of amides is 1. The summed E-state index contributed by atoms with van der Waals surface area (Å²) in [6, 6.07) is 13.5. The predicted octanol–water partition coefficient (Wildman–Crippen LogP) is 3.85. The van der Waals surface area contributed by atoms with Gasteiger partial charge in [0, 0.05) is 41.4 Å². The van der Waals surface area contributed by atoms with Gasteiger partial charge in [0.15, 0.2) is 5.43 Å². The number of carbonyl (C=O) groups excluding carboxylic acids is 1. The number of halogens is 1. The molecule has 2 aliphatic rings. The molecule has 1 aromatic heterocycles. The lowest BCUT2D eigenvalue weighted by Crippen LogP contribution is -2.38. The average molecular weight is 365 g/mol. The zero-order valence-electron chi connectivity index (χ0n) is 14.3. The van der Waals surface area contributed by atoms with Crippen molar-refractivity contribution in [1.82, 2.24) is 4.57 Å². The van der Waals surface area contributed by atoms with Gasteiger partial charge in [-0.15, -0.1) is 0 Å². The number of hydrogen-bond acceptors (Lipinski definition) is 2. The lowest BCUT2D eigenvalue weighted by molar-refractivity contribution is -0.119. The molecular weight excluding hydrogens is 348 g/mol. The highest BCUT2D eigenvalue weighted by Crippen LogP contribution is 2.42. The Morgan fingerprint density at radius 3 is 2.58 bits per heavy atom. The molecular formula is C21H17ClN2O2. The normalized spacial score (nSPS) is 18.5. The first-order valence-electron chi connectivity index (χ1n) is 8.77. The quantitative estimate of drug-likeness (QED) is 0.658. The Bertz CT molecular complexity index is 1130. The van der Waals surface area contributed by atoms with Crippen molar-refractivity contribution in [3.8, 4) is 0 Å². The van der Waals surface area contributed by atoms with Crippen molar-refractivity contribution >= 4 is 34.2 Å². The van der Waals surface area contributed by atoms with E-state index in [1.54, 1.807) is 17.0 Å². The van der Waals surface area contributed by atoms with Crippen molar-refractivity contribution in [2.24, 2.45) is 0 Å². The first-order chi connectivity index (χ1) is 12.5. The zero-order chi connectivity index (χ0) is 18.0. The van der Waals surface area contributed by atoms with Crippen LogP contribution >= 0.6 is 11.6 Å². The minimum Gasteiger partial charge on any atom is -0.325 e. The van der Waals surface area contributed by atoms with Gasteiger partial charge in [0.1, 0.15) is 5.82 Å². The number of hydrogen-bond donors (Lipinski definition) is 0. The number of carbonyl (C=O) groups is 1. The van der Waals surface area contributed by atoms with Crippen molar-refractivity contribution in [3.63, 3.8) is 0 Å². The Balaban J connectivity index is 1.86. The van der Waals surface area contributed by atoms with Gasteiger partial charge in [0.25, 0.3) is 0 Å². The molecule has 4 nitrogen and oxygen atoms in total. The van der Waals surface area contributed by atoms with Crippen molar-refractivity contribution in [2.45, 2.75) is 25.8 Å². The second-order valence-electron chi connectivity index (χ2n) is 7.09. The number of fused-ring (bicyclic) bond motifs is 2. The maximum Gasteiger partial charge on any atom is 0.229 e. The van der Waals surface area contributed by atoms with Crippen LogP contribution in [0.1, 0.15) is 29.0 Å². The third-order valence-electron chi connectivity index (χ3n) is 5.55. The van der Waals surface area contributed by atoms with Crippen LogP contribution in [0.3, 0.4) is 0 Å². The summed E-state index contributed by atoms with van der Waals surface area (Å²) in [6.07, 6.45) is 0.338. The molecule has 2 aliphatic heterocycles. The van der Waals surface area contributed by atoms with Crippen molar-refractivity contribution in [3.05, 3.63) is 74.4 Å². The summed E-state index contributed by atoms with van der Waals surface area (Å²) in [6.45, 7) is 3.33. The molecule has 26 heavy (non-hydrogen) atoms. The number of aryl methyl sites for hydroxylation is 1. The summed E-state index contributed by atoms with van der Waals surface area (Å²) >= 11 is 6.17. The molecule has 0 aliphatic carbocycles. The Kier molecular flexibility index (Phi) is 3.28. The molecule has 2 aromatic carbocycles. The fraction of sp³-hybridized carbons (Fsp3) is 0.238. The van der Waals surface area contributed by atoms with E-state index < -0.39 is 0 Å². The van der Waals surface area contributed by atoms with E-state index >= 15 is 0 Å². The van der Waals surface area contributed by atoms with Gasteiger partial charge in [0.05, 0.1) is 5.52 Å². The summed E-state index contributed by atoms with van der Waals surface area (Å²) in [7, 11) is 0.